The summed E-state index contributed by atoms with van der Waals surface area (Å²) in [5, 5.41) is 3.48. The van der Waals surface area contributed by atoms with E-state index in [1.807, 2.05) is 31.2 Å². The number of hydrogen-bond acceptors (Lipinski definition) is 4. The third-order valence-corrected chi connectivity index (χ3v) is 3.89. The molecule has 0 atom stereocenters. The van der Waals surface area contributed by atoms with E-state index in [2.05, 4.69) is 5.32 Å². The molecule has 1 N–H and O–H groups in total. The molecule has 3 rings (SSSR count). The summed E-state index contributed by atoms with van der Waals surface area (Å²) < 4.78 is 11.0. The van der Waals surface area contributed by atoms with Gasteiger partial charge in [-0.25, -0.2) is 0 Å². The second-order valence-electron chi connectivity index (χ2n) is 5.58. The molecule has 130 valence electrons. The third-order valence-electron chi connectivity index (χ3n) is 3.89. The summed E-state index contributed by atoms with van der Waals surface area (Å²) in [5.74, 6) is -0.413. The van der Waals surface area contributed by atoms with Crippen molar-refractivity contribution in [2.75, 3.05) is 31.6 Å². The molecule has 1 aliphatic heterocycles. The van der Waals surface area contributed by atoms with Crippen molar-refractivity contribution in [1.29, 1.82) is 0 Å². The van der Waals surface area contributed by atoms with E-state index in [0.717, 1.165) is 0 Å². The highest BCUT2D eigenvalue weighted by Crippen LogP contribution is 2.32. The van der Waals surface area contributed by atoms with Gasteiger partial charge < -0.3 is 19.4 Å². The Hall–Kier alpha value is -2.86. The Morgan fingerprint density at radius 3 is 2.68 bits per heavy atom. The molecule has 1 aromatic heterocycles. The minimum absolute atomic E-state index is 0.149. The Balaban J connectivity index is 1.94. The molecular formula is C19H20N2O4. The number of morpholine rings is 1. The number of carbonyl (C=O) groups is 2. The number of amides is 2. The van der Waals surface area contributed by atoms with Crippen molar-refractivity contribution in [1.82, 2.24) is 4.90 Å². The van der Waals surface area contributed by atoms with Crippen LogP contribution in [-0.2, 0) is 9.53 Å². The standard InChI is InChI=1S/C19H20N2O4/c1-2-3-4-9-16(22)20-17-14-7-5-6-8-15(14)25-18(17)19(23)21-10-12-24-13-11-21/h2-9H,10-13H2,1H3,(H,20,22). The second-order valence-corrected chi connectivity index (χ2v) is 5.58. The molecule has 0 spiro atoms. The van der Waals surface area contributed by atoms with Crippen molar-refractivity contribution in [3.8, 4) is 0 Å². The minimum atomic E-state index is -0.319. The zero-order valence-electron chi connectivity index (χ0n) is 14.0. The molecule has 25 heavy (non-hydrogen) atoms. The predicted molar refractivity (Wildman–Crippen MR) is 95.5 cm³/mol. The molecule has 1 aliphatic rings. The Kier molecular flexibility index (Phi) is 5.30. The lowest BCUT2D eigenvalue weighted by molar-refractivity contribution is -0.111. The zero-order valence-corrected chi connectivity index (χ0v) is 14.0. The summed E-state index contributed by atoms with van der Waals surface area (Å²) in [6.07, 6.45) is 6.63. The predicted octanol–water partition coefficient (Wildman–Crippen LogP) is 2.98. The normalized spacial score (nSPS) is 15.3. The Bertz CT molecular complexity index is 829. The summed E-state index contributed by atoms with van der Waals surface area (Å²) in [6, 6.07) is 7.26. The monoisotopic (exact) mass is 340 g/mol. The lowest BCUT2D eigenvalue weighted by Gasteiger charge is -2.26. The van der Waals surface area contributed by atoms with Crippen molar-refractivity contribution in [3.05, 3.63) is 54.3 Å². The van der Waals surface area contributed by atoms with Gasteiger partial charge in [0, 0.05) is 24.6 Å². The number of hydrogen-bond donors (Lipinski definition) is 1. The number of rotatable bonds is 4. The third kappa shape index (κ3) is 3.80. The minimum Gasteiger partial charge on any atom is -0.449 e. The van der Waals surface area contributed by atoms with Gasteiger partial charge in [0.15, 0.2) is 0 Å². The highest BCUT2D eigenvalue weighted by atomic mass is 16.5. The van der Waals surface area contributed by atoms with E-state index in [-0.39, 0.29) is 17.6 Å². The quantitative estimate of drug-likeness (QED) is 0.686. The van der Waals surface area contributed by atoms with E-state index >= 15 is 0 Å². The number of nitrogens with one attached hydrogen (secondary N) is 1. The van der Waals surface area contributed by atoms with Crippen LogP contribution in [0.25, 0.3) is 11.0 Å². The average molecular weight is 340 g/mol. The van der Waals surface area contributed by atoms with E-state index in [0.29, 0.717) is 43.0 Å². The van der Waals surface area contributed by atoms with Crippen LogP contribution in [0.4, 0.5) is 5.69 Å². The molecular weight excluding hydrogens is 320 g/mol. The fourth-order valence-electron chi connectivity index (χ4n) is 2.65. The van der Waals surface area contributed by atoms with Crippen LogP contribution in [0.2, 0.25) is 0 Å². The van der Waals surface area contributed by atoms with Crippen LogP contribution < -0.4 is 5.32 Å². The number of anilines is 1. The van der Waals surface area contributed by atoms with Crippen LogP contribution in [0.5, 0.6) is 0 Å². The van der Waals surface area contributed by atoms with Gasteiger partial charge in [-0.15, -0.1) is 0 Å². The largest absolute Gasteiger partial charge is 0.449 e. The molecule has 1 aromatic carbocycles. The van der Waals surface area contributed by atoms with Gasteiger partial charge in [0.2, 0.25) is 11.7 Å². The number of benzene rings is 1. The van der Waals surface area contributed by atoms with E-state index in [4.69, 9.17) is 9.15 Å². The van der Waals surface area contributed by atoms with Crippen molar-refractivity contribution in [2.24, 2.45) is 0 Å². The molecule has 0 unspecified atom stereocenters. The first kappa shape index (κ1) is 17.0. The highest BCUT2D eigenvalue weighted by molar-refractivity contribution is 6.12. The smallest absolute Gasteiger partial charge is 0.291 e. The molecule has 1 saturated heterocycles. The lowest BCUT2D eigenvalue weighted by Crippen LogP contribution is -2.40. The maximum Gasteiger partial charge on any atom is 0.291 e. The van der Waals surface area contributed by atoms with Gasteiger partial charge in [-0.05, 0) is 19.1 Å². The van der Waals surface area contributed by atoms with Crippen LogP contribution in [-0.4, -0.2) is 43.0 Å². The van der Waals surface area contributed by atoms with Gasteiger partial charge in [0.05, 0.1) is 13.2 Å². The number of allylic oxidation sites excluding steroid dienone is 3. The first-order valence-corrected chi connectivity index (χ1v) is 8.19. The Labute approximate surface area is 145 Å². The summed E-state index contributed by atoms with van der Waals surface area (Å²) in [6.45, 7) is 3.87. The molecule has 2 aromatic rings. The molecule has 6 heteroatoms. The Morgan fingerprint density at radius 2 is 1.92 bits per heavy atom. The maximum absolute atomic E-state index is 12.8. The highest BCUT2D eigenvalue weighted by Gasteiger charge is 2.27. The summed E-state index contributed by atoms with van der Waals surface area (Å²) in [7, 11) is 0. The second kappa shape index (κ2) is 7.81. The fraction of sp³-hybridized carbons (Fsp3) is 0.263. The van der Waals surface area contributed by atoms with Gasteiger partial charge >= 0.3 is 0 Å². The van der Waals surface area contributed by atoms with Crippen molar-refractivity contribution >= 4 is 28.5 Å². The van der Waals surface area contributed by atoms with Crippen molar-refractivity contribution in [3.63, 3.8) is 0 Å². The number of nitrogens with zero attached hydrogens (tertiary/aromatic N) is 1. The number of ether oxygens (including phenoxy) is 1. The van der Waals surface area contributed by atoms with Crippen LogP contribution in [0.1, 0.15) is 17.5 Å². The van der Waals surface area contributed by atoms with Crippen LogP contribution in [0.3, 0.4) is 0 Å². The first-order chi connectivity index (χ1) is 12.2. The van der Waals surface area contributed by atoms with Gasteiger partial charge in [0.25, 0.3) is 5.91 Å². The van der Waals surface area contributed by atoms with Gasteiger partial charge in [-0.2, -0.15) is 0 Å². The van der Waals surface area contributed by atoms with Crippen LogP contribution >= 0.6 is 0 Å². The topological polar surface area (TPSA) is 71.8 Å². The molecule has 0 bridgehead atoms. The number of fused-ring (bicyclic) bond motifs is 1. The van der Waals surface area contributed by atoms with Gasteiger partial charge in [0.1, 0.15) is 11.3 Å². The summed E-state index contributed by atoms with van der Waals surface area (Å²) >= 11 is 0. The lowest BCUT2D eigenvalue weighted by atomic mass is 10.2. The molecule has 2 amide bonds. The first-order valence-electron chi connectivity index (χ1n) is 8.19. The Morgan fingerprint density at radius 1 is 1.16 bits per heavy atom. The van der Waals surface area contributed by atoms with Crippen LogP contribution in [0.15, 0.2) is 53.0 Å². The number of carbonyl (C=O) groups excluding carboxylic acids is 2. The van der Waals surface area contributed by atoms with Crippen molar-refractivity contribution < 1.29 is 18.7 Å². The average Bonchev–Trinajstić information content (AvgIpc) is 3.00. The summed E-state index contributed by atoms with van der Waals surface area (Å²) in [4.78, 5) is 26.7. The van der Waals surface area contributed by atoms with E-state index in [1.54, 1.807) is 23.1 Å². The van der Waals surface area contributed by atoms with Crippen molar-refractivity contribution in [2.45, 2.75) is 6.92 Å². The SMILES string of the molecule is CC=CC=CC(=O)Nc1c(C(=O)N2CCOCC2)oc2ccccc12. The van der Waals surface area contributed by atoms with E-state index in [1.165, 1.54) is 6.08 Å². The zero-order chi connectivity index (χ0) is 17.6. The maximum atomic E-state index is 12.8. The number of furan rings is 1. The van der Waals surface area contributed by atoms with Gasteiger partial charge in [-0.3, -0.25) is 9.59 Å². The summed E-state index contributed by atoms with van der Waals surface area (Å²) in [5.41, 5.74) is 0.967. The molecule has 2 heterocycles. The van der Waals surface area contributed by atoms with Crippen LogP contribution in [0, 0.1) is 0 Å². The molecule has 0 radical (unpaired) electrons. The number of para-hydroxylation sites is 1. The molecule has 1 fully saturated rings. The molecule has 0 aliphatic carbocycles. The molecule has 0 saturated carbocycles. The van der Waals surface area contributed by atoms with Gasteiger partial charge in [-0.1, -0.05) is 30.4 Å². The fourth-order valence-corrected chi connectivity index (χ4v) is 2.65. The van der Waals surface area contributed by atoms with E-state index < -0.39 is 0 Å². The van der Waals surface area contributed by atoms with E-state index in [9.17, 15) is 9.59 Å². The molecule has 6 nitrogen and oxygen atoms in total.